The smallest absolute Gasteiger partial charge is 0.272 e. The zero-order valence-electron chi connectivity index (χ0n) is 17.2. The molecular weight excluding hydrogens is 362 g/mol. The molecule has 3 aromatic rings. The average Bonchev–Trinajstić information content (AvgIpc) is 3.16. The van der Waals surface area contributed by atoms with Crippen LogP contribution in [0.5, 0.6) is 0 Å². The highest BCUT2D eigenvalue weighted by Gasteiger charge is 2.18. The Morgan fingerprint density at radius 1 is 1.07 bits per heavy atom. The molecule has 0 spiro atoms. The second kappa shape index (κ2) is 8.76. The second-order valence-corrected chi connectivity index (χ2v) is 7.78. The number of carbonyl (C=O) groups is 1. The number of aromatic nitrogens is 2. The number of hydrogen-bond acceptors (Lipinski definition) is 4. The Hall–Kier alpha value is -2.70. The van der Waals surface area contributed by atoms with Gasteiger partial charge in [-0.3, -0.25) is 14.8 Å². The number of carbonyl (C=O) groups excluding carboxylic acids is 1. The summed E-state index contributed by atoms with van der Waals surface area (Å²) in [6, 6.07) is 14.4. The van der Waals surface area contributed by atoms with Gasteiger partial charge in [-0.05, 0) is 36.7 Å². The van der Waals surface area contributed by atoms with Gasteiger partial charge >= 0.3 is 0 Å². The van der Waals surface area contributed by atoms with Gasteiger partial charge in [0, 0.05) is 44.7 Å². The van der Waals surface area contributed by atoms with Crippen LogP contribution < -0.4 is 5.32 Å². The quantitative estimate of drug-likeness (QED) is 0.678. The molecule has 0 radical (unpaired) electrons. The molecule has 1 aromatic heterocycles. The summed E-state index contributed by atoms with van der Waals surface area (Å²) in [5.41, 5.74) is 4.89. The Labute approximate surface area is 171 Å². The minimum Gasteiger partial charge on any atom is -0.347 e. The van der Waals surface area contributed by atoms with Crippen molar-refractivity contribution in [2.75, 3.05) is 32.7 Å². The summed E-state index contributed by atoms with van der Waals surface area (Å²) in [6.07, 6.45) is 0. The van der Waals surface area contributed by atoms with Crippen LogP contribution in [0, 0.1) is 6.92 Å². The van der Waals surface area contributed by atoms with Crippen LogP contribution in [0.2, 0.25) is 0 Å². The van der Waals surface area contributed by atoms with E-state index in [4.69, 9.17) is 0 Å². The molecule has 2 aromatic carbocycles. The molecule has 152 valence electrons. The van der Waals surface area contributed by atoms with Crippen molar-refractivity contribution >= 4 is 16.8 Å². The summed E-state index contributed by atoms with van der Waals surface area (Å²) in [5.74, 6) is -0.145. The number of rotatable bonds is 6. The van der Waals surface area contributed by atoms with E-state index in [1.54, 1.807) is 0 Å². The second-order valence-electron chi connectivity index (χ2n) is 7.78. The lowest BCUT2D eigenvalue weighted by Gasteiger charge is -2.34. The van der Waals surface area contributed by atoms with E-state index in [0.717, 1.165) is 61.3 Å². The maximum absolute atomic E-state index is 12.8. The van der Waals surface area contributed by atoms with Gasteiger partial charge in [-0.25, -0.2) is 0 Å². The van der Waals surface area contributed by atoms with Crippen molar-refractivity contribution in [3.05, 3.63) is 64.8 Å². The van der Waals surface area contributed by atoms with E-state index < -0.39 is 0 Å². The SMILES string of the molecule is CCN1CCN(Cc2ccccc2CNC(=O)c2n[nH]c3ccc(C)cc23)CC1. The van der Waals surface area contributed by atoms with Crippen LogP contribution in [0.3, 0.4) is 0 Å². The molecule has 0 saturated carbocycles. The number of amides is 1. The number of nitrogens with zero attached hydrogens (tertiary/aromatic N) is 3. The van der Waals surface area contributed by atoms with Crippen molar-refractivity contribution in [2.24, 2.45) is 0 Å². The molecule has 0 atom stereocenters. The van der Waals surface area contributed by atoms with Crippen molar-refractivity contribution in [1.82, 2.24) is 25.3 Å². The van der Waals surface area contributed by atoms with Crippen molar-refractivity contribution in [2.45, 2.75) is 26.9 Å². The lowest BCUT2D eigenvalue weighted by atomic mass is 10.1. The van der Waals surface area contributed by atoms with E-state index in [1.165, 1.54) is 5.56 Å². The lowest BCUT2D eigenvalue weighted by molar-refractivity contribution is 0.0947. The van der Waals surface area contributed by atoms with Crippen LogP contribution in [0.1, 0.15) is 34.1 Å². The Bertz CT molecular complexity index is 988. The molecule has 0 unspecified atom stereocenters. The molecule has 0 aliphatic carbocycles. The maximum Gasteiger partial charge on any atom is 0.272 e. The minimum atomic E-state index is -0.145. The highest BCUT2D eigenvalue weighted by atomic mass is 16.1. The predicted octanol–water partition coefficient (Wildman–Crippen LogP) is 2.94. The highest BCUT2D eigenvalue weighted by molar-refractivity contribution is 6.04. The van der Waals surface area contributed by atoms with E-state index in [1.807, 2.05) is 31.2 Å². The molecule has 0 bridgehead atoms. The molecule has 1 fully saturated rings. The Morgan fingerprint density at radius 3 is 2.55 bits per heavy atom. The summed E-state index contributed by atoms with van der Waals surface area (Å²) in [5, 5.41) is 11.1. The summed E-state index contributed by atoms with van der Waals surface area (Å²) in [7, 11) is 0. The maximum atomic E-state index is 12.8. The van der Waals surface area contributed by atoms with Gasteiger partial charge in [0.1, 0.15) is 0 Å². The molecule has 29 heavy (non-hydrogen) atoms. The first-order valence-corrected chi connectivity index (χ1v) is 10.4. The number of H-pyrrole nitrogens is 1. The first kappa shape index (κ1) is 19.6. The zero-order valence-corrected chi connectivity index (χ0v) is 17.2. The molecular formula is C23H29N5O. The van der Waals surface area contributed by atoms with Crippen LogP contribution in [-0.2, 0) is 13.1 Å². The van der Waals surface area contributed by atoms with Crippen LogP contribution in [0.4, 0.5) is 0 Å². The Kier molecular flexibility index (Phi) is 5.92. The molecule has 1 aliphatic heterocycles. The summed E-state index contributed by atoms with van der Waals surface area (Å²) >= 11 is 0. The third-order valence-electron chi connectivity index (χ3n) is 5.80. The van der Waals surface area contributed by atoms with Gasteiger partial charge in [0.2, 0.25) is 0 Å². The fraction of sp³-hybridized carbons (Fsp3) is 0.391. The number of piperazine rings is 1. The standard InChI is InChI=1S/C23H29N5O/c1-3-27-10-12-28(13-11-27)16-19-7-5-4-6-18(19)15-24-23(29)22-20-14-17(2)8-9-21(20)25-26-22/h4-9,14H,3,10-13,15-16H2,1-2H3,(H,24,29)(H,25,26). The molecule has 4 rings (SSSR count). The molecule has 2 N–H and O–H groups in total. The number of likely N-dealkylation sites (N-methyl/N-ethyl adjacent to an activating group) is 1. The highest BCUT2D eigenvalue weighted by Crippen LogP contribution is 2.18. The first-order valence-electron chi connectivity index (χ1n) is 10.4. The van der Waals surface area contributed by atoms with Crippen LogP contribution in [-0.4, -0.2) is 58.6 Å². The number of fused-ring (bicyclic) bond motifs is 1. The van der Waals surface area contributed by atoms with Gasteiger partial charge in [-0.2, -0.15) is 5.10 Å². The number of hydrogen-bond donors (Lipinski definition) is 2. The summed E-state index contributed by atoms with van der Waals surface area (Å²) in [4.78, 5) is 17.7. The number of aryl methyl sites for hydroxylation is 1. The fourth-order valence-corrected chi connectivity index (χ4v) is 3.95. The molecule has 6 nitrogen and oxygen atoms in total. The molecule has 1 amide bonds. The molecule has 1 saturated heterocycles. The Morgan fingerprint density at radius 2 is 1.79 bits per heavy atom. The van der Waals surface area contributed by atoms with Crippen LogP contribution >= 0.6 is 0 Å². The van der Waals surface area contributed by atoms with Crippen molar-refractivity contribution in [1.29, 1.82) is 0 Å². The van der Waals surface area contributed by atoms with Crippen molar-refractivity contribution in [3.8, 4) is 0 Å². The van der Waals surface area contributed by atoms with Crippen LogP contribution in [0.25, 0.3) is 10.9 Å². The zero-order chi connectivity index (χ0) is 20.2. The largest absolute Gasteiger partial charge is 0.347 e. The topological polar surface area (TPSA) is 64.3 Å². The van der Waals surface area contributed by atoms with E-state index in [9.17, 15) is 4.79 Å². The number of benzene rings is 2. The molecule has 2 heterocycles. The van der Waals surface area contributed by atoms with Crippen molar-refractivity contribution in [3.63, 3.8) is 0 Å². The minimum absolute atomic E-state index is 0.145. The first-order chi connectivity index (χ1) is 14.1. The number of nitrogens with one attached hydrogen (secondary N) is 2. The molecule has 6 heteroatoms. The monoisotopic (exact) mass is 391 g/mol. The fourth-order valence-electron chi connectivity index (χ4n) is 3.95. The van der Waals surface area contributed by atoms with E-state index in [-0.39, 0.29) is 5.91 Å². The van der Waals surface area contributed by atoms with Gasteiger partial charge < -0.3 is 10.2 Å². The van der Waals surface area contributed by atoms with E-state index in [2.05, 4.69) is 50.4 Å². The summed E-state index contributed by atoms with van der Waals surface area (Å²) in [6.45, 7) is 11.2. The normalized spacial score (nSPS) is 15.7. The van der Waals surface area contributed by atoms with E-state index >= 15 is 0 Å². The predicted molar refractivity (Wildman–Crippen MR) is 116 cm³/mol. The van der Waals surface area contributed by atoms with Gasteiger partial charge in [0.05, 0.1) is 5.52 Å². The van der Waals surface area contributed by atoms with Gasteiger partial charge in [-0.15, -0.1) is 0 Å². The third-order valence-corrected chi connectivity index (χ3v) is 5.80. The Balaban J connectivity index is 1.42. The van der Waals surface area contributed by atoms with Gasteiger partial charge in [0.25, 0.3) is 5.91 Å². The van der Waals surface area contributed by atoms with Crippen LogP contribution in [0.15, 0.2) is 42.5 Å². The van der Waals surface area contributed by atoms with Gasteiger partial charge in [0.15, 0.2) is 5.69 Å². The average molecular weight is 392 g/mol. The third kappa shape index (κ3) is 4.49. The van der Waals surface area contributed by atoms with E-state index in [0.29, 0.717) is 12.2 Å². The number of aromatic amines is 1. The lowest BCUT2D eigenvalue weighted by Crippen LogP contribution is -2.45. The van der Waals surface area contributed by atoms with Crippen molar-refractivity contribution < 1.29 is 4.79 Å². The summed E-state index contributed by atoms with van der Waals surface area (Å²) < 4.78 is 0. The molecule has 1 aliphatic rings. The van der Waals surface area contributed by atoms with Gasteiger partial charge in [-0.1, -0.05) is 42.8 Å².